The van der Waals surface area contributed by atoms with Crippen molar-refractivity contribution in [2.24, 2.45) is 0 Å². The smallest absolute Gasteiger partial charge is 0.347 e. The molecule has 0 fully saturated rings. The molecule has 0 radical (unpaired) electrons. The summed E-state index contributed by atoms with van der Waals surface area (Å²) in [6.07, 6.45) is 0. The van der Waals surface area contributed by atoms with E-state index >= 15 is 0 Å². The van der Waals surface area contributed by atoms with E-state index < -0.39 is 27.8 Å². The Hall–Kier alpha value is -3.10. The molecule has 0 unspecified atom stereocenters. The minimum atomic E-state index is -0.972. The van der Waals surface area contributed by atoms with Crippen LogP contribution in [0.5, 0.6) is 11.5 Å². The van der Waals surface area contributed by atoms with Crippen molar-refractivity contribution in [2.75, 3.05) is 13.2 Å². The van der Waals surface area contributed by atoms with E-state index in [1.165, 1.54) is 10.6 Å². The van der Waals surface area contributed by atoms with Crippen molar-refractivity contribution in [1.82, 2.24) is 4.57 Å². The third kappa shape index (κ3) is 2.17. The molecule has 2 aromatic rings. The van der Waals surface area contributed by atoms with Crippen LogP contribution < -0.4 is 10.3 Å². The van der Waals surface area contributed by atoms with E-state index in [0.717, 1.165) is 6.07 Å². The Labute approximate surface area is 128 Å². The first-order valence-corrected chi connectivity index (χ1v) is 6.83. The predicted octanol–water partition coefficient (Wildman–Crippen LogP) is 1.18. The second-order valence-electron chi connectivity index (χ2n) is 4.85. The zero-order valence-corrected chi connectivity index (χ0v) is 12.1. The Kier molecular flexibility index (Phi) is 3.40. The van der Waals surface area contributed by atoms with E-state index in [4.69, 9.17) is 9.47 Å². The number of nitro groups is 1. The second kappa shape index (κ2) is 5.27. The molecule has 23 heavy (non-hydrogen) atoms. The van der Waals surface area contributed by atoms with Crippen LogP contribution in [0.1, 0.15) is 17.3 Å². The van der Waals surface area contributed by atoms with Gasteiger partial charge < -0.3 is 19.1 Å². The number of carbonyl (C=O) groups is 1. The molecule has 9 heteroatoms. The van der Waals surface area contributed by atoms with Gasteiger partial charge in [0, 0.05) is 6.07 Å². The van der Waals surface area contributed by atoms with Crippen LogP contribution in [0.25, 0.3) is 10.9 Å². The summed E-state index contributed by atoms with van der Waals surface area (Å²) in [5, 5.41) is 21.3. The van der Waals surface area contributed by atoms with E-state index in [1.807, 2.05) is 0 Å². The lowest BCUT2D eigenvalue weighted by Gasteiger charge is -2.21. The number of aromatic nitrogens is 1. The molecule has 1 aromatic heterocycles. The van der Waals surface area contributed by atoms with Gasteiger partial charge in [0.1, 0.15) is 12.4 Å². The molecule has 0 amide bonds. The van der Waals surface area contributed by atoms with E-state index in [9.17, 15) is 24.8 Å². The fourth-order valence-electron chi connectivity index (χ4n) is 2.59. The first-order valence-electron chi connectivity index (χ1n) is 6.83. The topological polar surface area (TPSA) is 121 Å². The molecule has 0 spiro atoms. The lowest BCUT2D eigenvalue weighted by atomic mass is 10.1. The number of non-ortho nitro benzene ring substituents is 1. The molecule has 1 N–H and O–H groups in total. The standard InChI is InChI=1S/C14H12N2O7/c1-2-22-14(19)10-12(17)8-5-7(16(20)21)6-9-11(8)15(13(10)18)3-4-23-9/h5-6,17H,2-4H2,1H3. The van der Waals surface area contributed by atoms with Gasteiger partial charge in [-0.15, -0.1) is 0 Å². The fourth-order valence-corrected chi connectivity index (χ4v) is 2.59. The summed E-state index contributed by atoms with van der Waals surface area (Å²) in [7, 11) is 0. The van der Waals surface area contributed by atoms with Crippen LogP contribution in [0, 0.1) is 10.1 Å². The Morgan fingerprint density at radius 2 is 2.26 bits per heavy atom. The molecule has 0 bridgehead atoms. The second-order valence-corrected chi connectivity index (χ2v) is 4.85. The molecule has 0 saturated carbocycles. The van der Waals surface area contributed by atoms with Gasteiger partial charge in [-0.25, -0.2) is 4.79 Å². The number of hydrogen-bond acceptors (Lipinski definition) is 7. The van der Waals surface area contributed by atoms with Gasteiger partial charge in [0.2, 0.25) is 0 Å². The summed E-state index contributed by atoms with van der Waals surface area (Å²) in [5.74, 6) is -1.50. The van der Waals surface area contributed by atoms with Crippen LogP contribution in [0.3, 0.4) is 0 Å². The largest absolute Gasteiger partial charge is 0.506 e. The summed E-state index contributed by atoms with van der Waals surface area (Å²) in [6, 6.07) is 2.28. The highest BCUT2D eigenvalue weighted by Crippen LogP contribution is 2.38. The first-order chi connectivity index (χ1) is 11.0. The number of nitro benzene ring substituents is 1. The number of ether oxygens (including phenoxy) is 2. The van der Waals surface area contributed by atoms with Crippen molar-refractivity contribution < 1.29 is 24.3 Å². The molecule has 0 atom stereocenters. The van der Waals surface area contributed by atoms with Crippen LogP contribution in [0.15, 0.2) is 16.9 Å². The van der Waals surface area contributed by atoms with E-state index in [2.05, 4.69) is 0 Å². The Bertz CT molecular complexity index is 900. The SMILES string of the molecule is CCOC(=O)c1c(O)c2cc([N+](=O)[O-])cc3c2n(c1=O)CCO3. The van der Waals surface area contributed by atoms with Gasteiger partial charge in [-0.3, -0.25) is 14.9 Å². The zero-order chi connectivity index (χ0) is 16.7. The van der Waals surface area contributed by atoms with Crippen LogP contribution in [0.4, 0.5) is 5.69 Å². The van der Waals surface area contributed by atoms with Crippen LogP contribution in [-0.4, -0.2) is 33.8 Å². The number of pyridine rings is 1. The number of nitrogens with zero attached hydrogens (tertiary/aromatic N) is 2. The number of aromatic hydroxyl groups is 1. The van der Waals surface area contributed by atoms with Gasteiger partial charge in [0.15, 0.2) is 11.3 Å². The predicted molar refractivity (Wildman–Crippen MR) is 78.0 cm³/mol. The number of rotatable bonds is 3. The van der Waals surface area contributed by atoms with Crippen molar-refractivity contribution in [3.05, 3.63) is 38.2 Å². The molecule has 9 nitrogen and oxygen atoms in total. The van der Waals surface area contributed by atoms with Crippen LogP contribution in [-0.2, 0) is 11.3 Å². The molecule has 2 heterocycles. The molecule has 1 aliphatic heterocycles. The van der Waals surface area contributed by atoms with E-state index in [-0.39, 0.29) is 42.1 Å². The maximum Gasteiger partial charge on any atom is 0.347 e. The Morgan fingerprint density at radius 3 is 2.91 bits per heavy atom. The quantitative estimate of drug-likeness (QED) is 0.512. The summed E-state index contributed by atoms with van der Waals surface area (Å²) in [4.78, 5) is 34.8. The van der Waals surface area contributed by atoms with Gasteiger partial charge in [-0.2, -0.15) is 0 Å². The summed E-state index contributed by atoms with van der Waals surface area (Å²) < 4.78 is 11.4. The zero-order valence-electron chi connectivity index (χ0n) is 12.1. The van der Waals surface area contributed by atoms with Gasteiger partial charge in [-0.1, -0.05) is 0 Å². The lowest BCUT2D eigenvalue weighted by molar-refractivity contribution is -0.384. The van der Waals surface area contributed by atoms with Gasteiger partial charge in [0.05, 0.1) is 35.0 Å². The van der Waals surface area contributed by atoms with Crippen molar-refractivity contribution >= 4 is 22.6 Å². The highest BCUT2D eigenvalue weighted by atomic mass is 16.6. The van der Waals surface area contributed by atoms with Gasteiger partial charge in [-0.05, 0) is 6.92 Å². The van der Waals surface area contributed by atoms with Crippen LogP contribution >= 0.6 is 0 Å². The highest BCUT2D eigenvalue weighted by molar-refractivity contribution is 6.02. The van der Waals surface area contributed by atoms with Crippen molar-refractivity contribution in [3.63, 3.8) is 0 Å². The first kappa shape index (κ1) is 14.8. The maximum atomic E-state index is 12.5. The van der Waals surface area contributed by atoms with E-state index in [0.29, 0.717) is 0 Å². The third-order valence-electron chi connectivity index (χ3n) is 3.54. The molecule has 120 valence electrons. The minimum Gasteiger partial charge on any atom is -0.506 e. The molecule has 0 saturated heterocycles. The Balaban J connectivity index is 2.43. The number of carbonyl (C=O) groups excluding carboxylic acids is 1. The van der Waals surface area contributed by atoms with Crippen molar-refractivity contribution in [1.29, 1.82) is 0 Å². The fraction of sp³-hybridized carbons (Fsp3) is 0.286. The molecule has 3 rings (SSSR count). The number of esters is 1. The van der Waals surface area contributed by atoms with Crippen LogP contribution in [0.2, 0.25) is 0 Å². The molecular formula is C14H12N2O7. The summed E-state index contributed by atoms with van der Waals surface area (Å²) >= 11 is 0. The van der Waals surface area contributed by atoms with Gasteiger partial charge >= 0.3 is 5.97 Å². The average molecular weight is 320 g/mol. The lowest BCUT2D eigenvalue weighted by Crippen LogP contribution is -2.32. The summed E-state index contributed by atoms with van der Waals surface area (Å²) in [5.41, 5.74) is -1.35. The highest BCUT2D eigenvalue weighted by Gasteiger charge is 2.28. The third-order valence-corrected chi connectivity index (χ3v) is 3.54. The Morgan fingerprint density at radius 1 is 1.52 bits per heavy atom. The monoisotopic (exact) mass is 320 g/mol. The van der Waals surface area contributed by atoms with Crippen molar-refractivity contribution in [3.8, 4) is 11.5 Å². The number of hydrogen-bond donors (Lipinski definition) is 1. The normalized spacial score (nSPS) is 12.7. The summed E-state index contributed by atoms with van der Waals surface area (Å²) in [6.45, 7) is 1.87. The number of benzene rings is 1. The van der Waals surface area contributed by atoms with Gasteiger partial charge in [0.25, 0.3) is 11.2 Å². The molecule has 1 aromatic carbocycles. The average Bonchev–Trinajstić information content (AvgIpc) is 2.52. The van der Waals surface area contributed by atoms with E-state index in [1.54, 1.807) is 6.92 Å². The maximum absolute atomic E-state index is 12.5. The minimum absolute atomic E-state index is 0.00319. The van der Waals surface area contributed by atoms with Crippen molar-refractivity contribution in [2.45, 2.75) is 13.5 Å². The molecule has 1 aliphatic rings. The molecule has 0 aliphatic carbocycles. The molecular weight excluding hydrogens is 308 g/mol.